The molecule has 0 heterocycles. The van der Waals surface area contributed by atoms with Crippen molar-refractivity contribution < 1.29 is 9.90 Å². The molecule has 2 aromatic carbocycles. The topological polar surface area (TPSA) is 70.0 Å². The summed E-state index contributed by atoms with van der Waals surface area (Å²) in [6, 6.07) is 12.6. The predicted octanol–water partition coefficient (Wildman–Crippen LogP) is 3.86. The van der Waals surface area contributed by atoms with Crippen LogP contribution in [0, 0.1) is 4.91 Å². The third-order valence-electron chi connectivity index (χ3n) is 2.50. The van der Waals surface area contributed by atoms with E-state index in [1.165, 1.54) is 18.2 Å². The summed E-state index contributed by atoms with van der Waals surface area (Å²) in [5.41, 5.74) is 0.575. The molecule has 0 aromatic heterocycles. The van der Waals surface area contributed by atoms with Crippen LogP contribution in [0.5, 0.6) is 0 Å². The Hall–Kier alpha value is -2.40. The van der Waals surface area contributed by atoms with Crippen molar-refractivity contribution in [2.24, 2.45) is 5.29 Å². The molecule has 6 heteroatoms. The van der Waals surface area contributed by atoms with Crippen LogP contribution in [-0.2, 0) is 0 Å². The van der Waals surface area contributed by atoms with Gasteiger partial charge in [-0.1, -0.05) is 29.8 Å². The molecule has 0 atom stereocenters. The van der Waals surface area contributed by atoms with Crippen molar-refractivity contribution in [1.29, 1.82) is 0 Å². The molecule has 5 nitrogen and oxygen atoms in total. The summed E-state index contributed by atoms with van der Waals surface area (Å²) < 4.78 is 0. The number of anilines is 2. The van der Waals surface area contributed by atoms with Crippen molar-refractivity contribution in [3.8, 4) is 0 Å². The van der Waals surface area contributed by atoms with Crippen LogP contribution in [0.15, 0.2) is 53.8 Å². The first-order chi connectivity index (χ1) is 9.13. The van der Waals surface area contributed by atoms with E-state index in [0.29, 0.717) is 10.7 Å². The zero-order valence-corrected chi connectivity index (χ0v) is 10.4. The van der Waals surface area contributed by atoms with Crippen molar-refractivity contribution in [1.82, 2.24) is 0 Å². The number of carboxylic acids is 1. The fourth-order valence-corrected chi connectivity index (χ4v) is 1.86. The molecular weight excluding hydrogens is 268 g/mol. The molecule has 0 aliphatic carbocycles. The number of halogens is 1. The Morgan fingerprint density at radius 1 is 1.16 bits per heavy atom. The van der Waals surface area contributed by atoms with Gasteiger partial charge in [0.2, 0.25) is 0 Å². The van der Waals surface area contributed by atoms with Crippen molar-refractivity contribution in [3.05, 3.63) is 64.0 Å². The van der Waals surface area contributed by atoms with Gasteiger partial charge in [0.25, 0.3) is 0 Å². The number of nitrogens with zero attached hydrogens (tertiary/aromatic N) is 2. The van der Waals surface area contributed by atoms with Crippen molar-refractivity contribution >= 4 is 28.9 Å². The largest absolute Gasteiger partial charge is 0.478 e. The third kappa shape index (κ3) is 2.71. The minimum Gasteiger partial charge on any atom is -0.478 e. The second-order valence-corrected chi connectivity index (χ2v) is 4.13. The molecule has 0 bridgehead atoms. The average Bonchev–Trinajstić information content (AvgIpc) is 2.40. The normalized spacial score (nSPS) is 9.95. The molecule has 19 heavy (non-hydrogen) atoms. The Balaban J connectivity index is 2.54. The van der Waals surface area contributed by atoms with Crippen LogP contribution in [0.1, 0.15) is 10.4 Å². The lowest BCUT2D eigenvalue weighted by molar-refractivity contribution is 0.0697. The third-order valence-corrected chi connectivity index (χ3v) is 2.73. The first kappa shape index (κ1) is 13.0. The molecule has 0 saturated heterocycles. The molecule has 1 N–H and O–H groups in total. The molecule has 0 spiro atoms. The highest BCUT2D eigenvalue weighted by molar-refractivity contribution is 6.30. The number of aromatic carboxylic acids is 1. The SMILES string of the molecule is O=NN(c1cccc(Cl)c1)c1ccccc1C(=O)O. The number of carboxylic acid groups (broad SMARTS) is 1. The van der Waals surface area contributed by atoms with Gasteiger partial charge in [-0.3, -0.25) is 0 Å². The fraction of sp³-hybridized carbons (Fsp3) is 0. The van der Waals surface area contributed by atoms with Crippen LogP contribution >= 0.6 is 11.6 Å². The van der Waals surface area contributed by atoms with E-state index in [4.69, 9.17) is 16.7 Å². The molecule has 96 valence electrons. The molecule has 0 radical (unpaired) electrons. The first-order valence-electron chi connectivity index (χ1n) is 5.35. The molecule has 0 saturated carbocycles. The molecule has 0 fully saturated rings. The average molecular weight is 277 g/mol. The van der Waals surface area contributed by atoms with Gasteiger partial charge in [-0.15, -0.1) is 4.91 Å². The Kier molecular flexibility index (Phi) is 3.77. The standard InChI is InChI=1S/C13H9ClN2O3/c14-9-4-3-5-10(8-9)16(15-19)12-7-2-1-6-11(12)13(17)18/h1-8H,(H,17,18). The van der Waals surface area contributed by atoms with Crippen molar-refractivity contribution in [3.63, 3.8) is 0 Å². The van der Waals surface area contributed by atoms with E-state index < -0.39 is 5.97 Å². The minimum absolute atomic E-state index is 0.0120. The maximum absolute atomic E-state index is 11.1. The summed E-state index contributed by atoms with van der Waals surface area (Å²) in [5.74, 6) is -1.13. The van der Waals surface area contributed by atoms with Gasteiger partial charge in [-0.2, -0.15) is 5.01 Å². The van der Waals surface area contributed by atoms with E-state index in [1.807, 2.05) is 0 Å². The van der Waals surface area contributed by atoms with Gasteiger partial charge in [0, 0.05) is 5.02 Å². The summed E-state index contributed by atoms with van der Waals surface area (Å²) in [5, 5.41) is 13.4. The Bertz CT molecular complexity index is 631. The molecule has 0 amide bonds. The Morgan fingerprint density at radius 3 is 2.53 bits per heavy atom. The zero-order valence-electron chi connectivity index (χ0n) is 9.65. The molecule has 0 aliphatic rings. The lowest BCUT2D eigenvalue weighted by atomic mass is 10.1. The van der Waals surface area contributed by atoms with E-state index in [-0.39, 0.29) is 11.3 Å². The Morgan fingerprint density at radius 2 is 1.89 bits per heavy atom. The minimum atomic E-state index is -1.13. The van der Waals surface area contributed by atoms with Gasteiger partial charge < -0.3 is 5.11 Å². The molecule has 2 rings (SSSR count). The lowest BCUT2D eigenvalue weighted by Gasteiger charge is -2.17. The fourth-order valence-electron chi connectivity index (χ4n) is 1.68. The monoisotopic (exact) mass is 276 g/mol. The van der Waals surface area contributed by atoms with Gasteiger partial charge in [0.15, 0.2) is 0 Å². The second kappa shape index (κ2) is 5.49. The maximum atomic E-state index is 11.1. The maximum Gasteiger partial charge on any atom is 0.337 e. The molecule has 2 aromatic rings. The Labute approximate surface area is 114 Å². The predicted molar refractivity (Wildman–Crippen MR) is 72.8 cm³/mol. The second-order valence-electron chi connectivity index (χ2n) is 3.70. The van der Waals surface area contributed by atoms with Gasteiger partial charge in [-0.05, 0) is 30.3 Å². The van der Waals surface area contributed by atoms with E-state index >= 15 is 0 Å². The lowest BCUT2D eigenvalue weighted by Crippen LogP contribution is -2.12. The zero-order chi connectivity index (χ0) is 13.8. The summed E-state index contributed by atoms with van der Waals surface area (Å²) in [7, 11) is 0. The van der Waals surface area contributed by atoms with E-state index in [9.17, 15) is 9.70 Å². The number of benzene rings is 2. The van der Waals surface area contributed by atoms with Crippen molar-refractivity contribution in [2.75, 3.05) is 5.01 Å². The summed E-state index contributed by atoms with van der Waals surface area (Å²) >= 11 is 5.85. The van der Waals surface area contributed by atoms with Crippen LogP contribution in [0.2, 0.25) is 5.02 Å². The highest BCUT2D eigenvalue weighted by atomic mass is 35.5. The van der Waals surface area contributed by atoms with Gasteiger partial charge in [0.1, 0.15) is 0 Å². The van der Waals surface area contributed by atoms with E-state index in [0.717, 1.165) is 5.01 Å². The number of hydrogen-bond acceptors (Lipinski definition) is 3. The first-order valence-corrected chi connectivity index (χ1v) is 5.72. The summed E-state index contributed by atoms with van der Waals surface area (Å²) in [6.07, 6.45) is 0. The quantitative estimate of drug-likeness (QED) is 0.680. The van der Waals surface area contributed by atoms with Crippen LogP contribution in [0.25, 0.3) is 0 Å². The highest BCUT2D eigenvalue weighted by Crippen LogP contribution is 2.30. The van der Waals surface area contributed by atoms with Crippen LogP contribution in [0.3, 0.4) is 0 Å². The number of rotatable bonds is 4. The van der Waals surface area contributed by atoms with Gasteiger partial charge in [0.05, 0.1) is 22.2 Å². The molecular formula is C13H9ClN2O3. The number of hydrogen-bond donors (Lipinski definition) is 1. The number of carbonyl (C=O) groups is 1. The van der Waals surface area contributed by atoms with Crippen LogP contribution in [-0.4, -0.2) is 11.1 Å². The molecule has 0 aliphatic heterocycles. The van der Waals surface area contributed by atoms with Gasteiger partial charge in [-0.25, -0.2) is 4.79 Å². The van der Waals surface area contributed by atoms with Gasteiger partial charge >= 0.3 is 5.97 Å². The summed E-state index contributed by atoms with van der Waals surface area (Å²) in [6.45, 7) is 0. The number of para-hydroxylation sites is 1. The van der Waals surface area contributed by atoms with E-state index in [2.05, 4.69) is 5.29 Å². The smallest absolute Gasteiger partial charge is 0.337 e. The highest BCUT2D eigenvalue weighted by Gasteiger charge is 2.17. The van der Waals surface area contributed by atoms with Crippen molar-refractivity contribution in [2.45, 2.75) is 0 Å². The summed E-state index contributed by atoms with van der Waals surface area (Å²) in [4.78, 5) is 22.2. The van der Waals surface area contributed by atoms with Crippen LogP contribution in [0.4, 0.5) is 11.4 Å². The van der Waals surface area contributed by atoms with Crippen LogP contribution < -0.4 is 5.01 Å². The number of nitroso groups, excluding NO2 is 1. The molecule has 0 unspecified atom stereocenters. The van der Waals surface area contributed by atoms with E-state index in [1.54, 1.807) is 30.3 Å².